The van der Waals surface area contributed by atoms with Crippen molar-refractivity contribution in [1.29, 1.82) is 0 Å². The Kier molecular flexibility index (Phi) is 14.6. The molecule has 5 N–H and O–H groups in total. The molecule has 7 rings (SSSR count). The predicted molar refractivity (Wildman–Crippen MR) is 238 cm³/mol. The molecule has 0 aromatic heterocycles. The highest BCUT2D eigenvalue weighted by atomic mass is 32.2. The Morgan fingerprint density at radius 2 is 1.50 bits per heavy atom. The number of nitrogens with one attached hydrogen (secondary N) is 2. The number of likely N-dealkylation sites (N-methyl/N-ethyl adjacent to an activating group) is 1. The first kappa shape index (κ1) is 44.4. The van der Waals surface area contributed by atoms with Gasteiger partial charge in [0.15, 0.2) is 6.29 Å². The average Bonchev–Trinajstić information content (AvgIpc) is 3.28. The predicted octanol–water partition coefficient (Wildman–Crippen LogP) is 7.28. The van der Waals surface area contributed by atoms with E-state index in [1.54, 1.807) is 36.4 Å². The maximum absolute atomic E-state index is 13.8. The molecule has 0 spiro atoms. The first-order valence-electron chi connectivity index (χ1n) is 20.7. The van der Waals surface area contributed by atoms with Gasteiger partial charge in [-0.3, -0.25) is 4.79 Å². The van der Waals surface area contributed by atoms with Crippen LogP contribution in [0.5, 0.6) is 5.75 Å². The number of nitrogens with zero attached hydrogens (tertiary/aromatic N) is 1. The fraction of sp³-hybridized carbons (Fsp3) is 0.260. The summed E-state index contributed by atoms with van der Waals surface area (Å²) in [6.07, 6.45) is -1.33. The lowest BCUT2D eigenvalue weighted by atomic mass is 9.97. The highest BCUT2D eigenvalue weighted by Gasteiger charge is 2.33. The Bertz CT molecular complexity index is 2500. The van der Waals surface area contributed by atoms with E-state index in [-0.39, 0.29) is 42.4 Å². The van der Waals surface area contributed by atoms with E-state index in [1.807, 2.05) is 122 Å². The number of phenolic OH excluding ortho intramolecular Hbond substituents is 1. The Balaban J connectivity index is 1.06. The molecule has 0 radical (unpaired) electrons. The van der Waals surface area contributed by atoms with Gasteiger partial charge in [0.2, 0.25) is 15.9 Å². The number of carbonyl (C=O) groups is 1. The number of amides is 1. The van der Waals surface area contributed by atoms with Crippen LogP contribution in [0.3, 0.4) is 0 Å². The van der Waals surface area contributed by atoms with E-state index >= 15 is 0 Å². The number of aromatic hydroxyl groups is 1. The normalized spacial score (nSPS) is 17.7. The summed E-state index contributed by atoms with van der Waals surface area (Å²) in [5.41, 5.74) is 7.61. The number of ether oxygens (including phenoxy) is 2. The van der Waals surface area contributed by atoms with Gasteiger partial charge in [-0.15, -0.1) is 0 Å². The van der Waals surface area contributed by atoms with E-state index < -0.39 is 34.4 Å². The number of rotatable bonds is 17. The van der Waals surface area contributed by atoms with E-state index in [9.17, 15) is 28.5 Å². The second-order valence-electron chi connectivity index (χ2n) is 15.9. The van der Waals surface area contributed by atoms with Gasteiger partial charge in [-0.2, -0.15) is 4.72 Å². The molecule has 62 heavy (non-hydrogen) atoms. The van der Waals surface area contributed by atoms with Crippen molar-refractivity contribution in [2.75, 3.05) is 20.1 Å². The average molecular weight is 856 g/mol. The van der Waals surface area contributed by atoms with E-state index in [4.69, 9.17) is 9.47 Å². The lowest BCUT2D eigenvalue weighted by molar-refractivity contribution is -0.252. The number of hydrogen-bond acceptors (Lipinski definition) is 9. The van der Waals surface area contributed by atoms with Crippen LogP contribution in [0.1, 0.15) is 63.9 Å². The SMILES string of the molecule is Cc1ccc(S(=O)(=O)N[C@H](Cc2ccccc2)C(=O)NCc2ccccc2-c2ccc([C@H]3O[C@@H](CN(C)C[C@@H](O)c4cccc(O)c4)C[C@@H](c4ccc(CO)cc4)O3)cc2)cc1. The van der Waals surface area contributed by atoms with Gasteiger partial charge in [-0.25, -0.2) is 8.42 Å². The van der Waals surface area contributed by atoms with Crippen LogP contribution in [0, 0.1) is 6.92 Å². The fourth-order valence-corrected chi connectivity index (χ4v) is 8.88. The zero-order valence-electron chi connectivity index (χ0n) is 34.8. The Morgan fingerprint density at radius 1 is 0.806 bits per heavy atom. The third-order valence-electron chi connectivity index (χ3n) is 11.1. The zero-order chi connectivity index (χ0) is 43.6. The van der Waals surface area contributed by atoms with Crippen LogP contribution in [-0.2, 0) is 43.9 Å². The van der Waals surface area contributed by atoms with Crippen molar-refractivity contribution < 1.29 is 38.0 Å². The van der Waals surface area contributed by atoms with Gasteiger partial charge < -0.3 is 35.0 Å². The van der Waals surface area contributed by atoms with Crippen molar-refractivity contribution in [3.63, 3.8) is 0 Å². The molecule has 6 aromatic carbocycles. The first-order valence-corrected chi connectivity index (χ1v) is 22.2. The van der Waals surface area contributed by atoms with Gasteiger partial charge >= 0.3 is 0 Å². The van der Waals surface area contributed by atoms with Crippen molar-refractivity contribution in [1.82, 2.24) is 14.9 Å². The number of benzene rings is 6. The molecular formula is C50H53N3O8S. The molecule has 12 heteroatoms. The van der Waals surface area contributed by atoms with E-state index in [2.05, 4.69) is 10.0 Å². The summed E-state index contributed by atoms with van der Waals surface area (Å²) in [4.78, 5) is 15.9. The number of hydrogen-bond donors (Lipinski definition) is 5. The van der Waals surface area contributed by atoms with Crippen LogP contribution in [0.15, 0.2) is 157 Å². The summed E-state index contributed by atoms with van der Waals surface area (Å²) in [7, 11) is -2.07. The molecule has 1 fully saturated rings. The molecule has 1 aliphatic rings. The second kappa shape index (κ2) is 20.4. The van der Waals surface area contributed by atoms with Gasteiger partial charge in [0, 0.05) is 31.6 Å². The molecule has 1 aliphatic heterocycles. The Morgan fingerprint density at radius 3 is 2.21 bits per heavy atom. The molecule has 1 heterocycles. The third-order valence-corrected chi connectivity index (χ3v) is 12.5. The summed E-state index contributed by atoms with van der Waals surface area (Å²) in [6, 6.07) is 44.8. The Labute approximate surface area is 363 Å². The van der Waals surface area contributed by atoms with Gasteiger partial charge in [-0.05, 0) is 83.6 Å². The van der Waals surface area contributed by atoms with Crippen molar-refractivity contribution in [2.24, 2.45) is 0 Å². The van der Waals surface area contributed by atoms with Crippen LogP contribution < -0.4 is 10.0 Å². The molecule has 0 unspecified atom stereocenters. The molecule has 1 amide bonds. The van der Waals surface area contributed by atoms with Crippen LogP contribution in [-0.4, -0.2) is 66.8 Å². The number of phenols is 1. The maximum atomic E-state index is 13.8. The van der Waals surface area contributed by atoms with Crippen LogP contribution >= 0.6 is 0 Å². The molecule has 0 bridgehead atoms. The van der Waals surface area contributed by atoms with Crippen LogP contribution in [0.25, 0.3) is 11.1 Å². The topological polar surface area (TPSA) is 158 Å². The monoisotopic (exact) mass is 855 g/mol. The highest BCUT2D eigenvalue weighted by molar-refractivity contribution is 7.89. The first-order chi connectivity index (χ1) is 29.9. The highest BCUT2D eigenvalue weighted by Crippen LogP contribution is 2.39. The molecule has 5 atom stereocenters. The second-order valence-corrected chi connectivity index (χ2v) is 17.6. The molecule has 0 aliphatic carbocycles. The summed E-state index contributed by atoms with van der Waals surface area (Å²) >= 11 is 0. The number of sulfonamides is 1. The smallest absolute Gasteiger partial charge is 0.241 e. The molecule has 11 nitrogen and oxygen atoms in total. The summed E-state index contributed by atoms with van der Waals surface area (Å²) in [5, 5.41) is 33.5. The maximum Gasteiger partial charge on any atom is 0.241 e. The molecule has 0 saturated carbocycles. The summed E-state index contributed by atoms with van der Waals surface area (Å²) < 4.78 is 42.7. The van der Waals surface area contributed by atoms with Gasteiger partial charge in [-0.1, -0.05) is 133 Å². The minimum absolute atomic E-state index is 0.0564. The minimum Gasteiger partial charge on any atom is -0.508 e. The van der Waals surface area contributed by atoms with Crippen molar-refractivity contribution >= 4 is 15.9 Å². The van der Waals surface area contributed by atoms with Gasteiger partial charge in [0.1, 0.15) is 11.8 Å². The van der Waals surface area contributed by atoms with Crippen LogP contribution in [0.4, 0.5) is 0 Å². The zero-order valence-corrected chi connectivity index (χ0v) is 35.6. The quantitative estimate of drug-likeness (QED) is 0.0637. The lowest BCUT2D eigenvalue weighted by Gasteiger charge is -2.38. The number of carbonyl (C=O) groups excluding carboxylic acids is 1. The van der Waals surface area contributed by atoms with Gasteiger partial charge in [0.25, 0.3) is 0 Å². The molecule has 6 aromatic rings. The third kappa shape index (κ3) is 11.6. The van der Waals surface area contributed by atoms with Crippen molar-refractivity contribution in [2.45, 2.75) is 68.5 Å². The lowest BCUT2D eigenvalue weighted by Crippen LogP contribution is -2.47. The molecule has 322 valence electrons. The fourth-order valence-electron chi connectivity index (χ4n) is 7.68. The van der Waals surface area contributed by atoms with Crippen LogP contribution in [0.2, 0.25) is 0 Å². The number of aryl methyl sites for hydroxylation is 1. The number of aliphatic hydroxyl groups excluding tert-OH is 2. The van der Waals surface area contributed by atoms with Crippen molar-refractivity contribution in [3.8, 4) is 16.9 Å². The van der Waals surface area contributed by atoms with Gasteiger partial charge in [0.05, 0.1) is 29.8 Å². The van der Waals surface area contributed by atoms with Crippen molar-refractivity contribution in [3.05, 3.63) is 191 Å². The summed E-state index contributed by atoms with van der Waals surface area (Å²) in [5.74, 6) is -0.350. The van der Waals surface area contributed by atoms with E-state index in [0.717, 1.165) is 44.5 Å². The minimum atomic E-state index is -4.00. The largest absolute Gasteiger partial charge is 0.508 e. The number of aliphatic hydroxyl groups is 2. The standard InChI is InChI=1S/C50H53N3O8S/c1-34-15-25-44(26-16-34)62(58,59)52-46(27-35-9-4-3-5-10-35)49(57)51-30-41-11-6-7-14-45(41)37-21-23-39(24-22-37)50-60-43(29-48(61-50)38-19-17-36(33-54)18-20-38)31-53(2)32-47(56)40-12-8-13-42(55)28-40/h3-26,28,43,46-48,50,52,54-56H,27,29-33H2,1-2H3,(H,51,57)/t43-,46-,47-,48+,50+/m1/s1. The Hall–Kier alpha value is -5.70. The molecule has 1 saturated heterocycles. The van der Waals surface area contributed by atoms with E-state index in [1.165, 1.54) is 12.1 Å². The molecular weight excluding hydrogens is 803 g/mol. The summed E-state index contributed by atoms with van der Waals surface area (Å²) in [6.45, 7) is 2.83. The van der Waals surface area contributed by atoms with E-state index in [0.29, 0.717) is 25.1 Å².